The number of carbonyl (C=O) groups excluding carboxylic acids is 3. The number of nitrogens with zero attached hydrogens (tertiary/aromatic N) is 5. The van der Waals surface area contributed by atoms with Gasteiger partial charge in [0.05, 0.1) is 5.69 Å². The van der Waals surface area contributed by atoms with Crippen molar-refractivity contribution in [2.45, 2.75) is 39.4 Å². The Labute approximate surface area is 209 Å². The van der Waals surface area contributed by atoms with Crippen molar-refractivity contribution >= 4 is 46.1 Å². The molecule has 4 heterocycles. The highest BCUT2D eigenvalue weighted by Crippen LogP contribution is 2.37. The fourth-order valence-electron chi connectivity index (χ4n) is 4.90. The molecule has 10 heteroatoms. The zero-order valence-electron chi connectivity index (χ0n) is 20.1. The highest BCUT2D eigenvalue weighted by atomic mass is 32.1. The average Bonchev–Trinajstić information content (AvgIpc) is 3.52. The standard InChI is InChI=1S/C25H30N6O3S/c1-3-11-30-24(34)23-20(10-16-35-23)31-21(26-27-25(30)31)8-9-22(33)29-14-12-28(13-15-29)19-6-4-18(5-7-19)17(2)32/h4-7,10,16,25,27H,3,8-9,11-15H2,1-2H3. The lowest BCUT2D eigenvalue weighted by Gasteiger charge is -2.39. The number of fused-ring (bicyclic) bond motifs is 3. The number of thiophene rings is 1. The third kappa shape index (κ3) is 4.38. The number of rotatable bonds is 7. The SMILES string of the molecule is CCCN1C(=O)c2sccc2N2C(CCC(=O)N3CCN(c4ccc(C(C)=O)cc4)CC3)=NNC12. The van der Waals surface area contributed by atoms with Crippen molar-refractivity contribution in [1.82, 2.24) is 15.2 Å². The van der Waals surface area contributed by atoms with E-state index in [4.69, 9.17) is 0 Å². The first kappa shape index (κ1) is 23.3. The van der Waals surface area contributed by atoms with Crippen LogP contribution in [0.25, 0.3) is 0 Å². The Balaban J connectivity index is 1.17. The van der Waals surface area contributed by atoms with Crippen LogP contribution in [0.4, 0.5) is 11.4 Å². The lowest BCUT2D eigenvalue weighted by molar-refractivity contribution is -0.131. The summed E-state index contributed by atoms with van der Waals surface area (Å²) in [5, 5.41) is 6.45. The summed E-state index contributed by atoms with van der Waals surface area (Å²) < 4.78 is 0. The smallest absolute Gasteiger partial charge is 0.269 e. The van der Waals surface area contributed by atoms with Gasteiger partial charge in [-0.3, -0.25) is 29.6 Å². The van der Waals surface area contributed by atoms with Crippen molar-refractivity contribution in [3.05, 3.63) is 46.2 Å². The predicted molar refractivity (Wildman–Crippen MR) is 137 cm³/mol. The molecule has 1 aromatic heterocycles. The number of Topliss-reactive ketones (excluding diaryl/α,β-unsaturated/α-hetero) is 1. The van der Waals surface area contributed by atoms with Gasteiger partial charge in [0.1, 0.15) is 10.7 Å². The second kappa shape index (κ2) is 9.69. The number of amides is 2. The van der Waals surface area contributed by atoms with E-state index in [1.165, 1.54) is 11.3 Å². The van der Waals surface area contributed by atoms with E-state index >= 15 is 0 Å². The molecule has 3 aliphatic rings. The molecule has 1 unspecified atom stereocenters. The number of benzene rings is 1. The van der Waals surface area contributed by atoms with Crippen LogP contribution in [0.3, 0.4) is 0 Å². The van der Waals surface area contributed by atoms with E-state index in [2.05, 4.69) is 27.3 Å². The van der Waals surface area contributed by atoms with Crippen LogP contribution < -0.4 is 15.2 Å². The van der Waals surface area contributed by atoms with Gasteiger partial charge >= 0.3 is 0 Å². The monoisotopic (exact) mass is 494 g/mol. The molecule has 0 radical (unpaired) electrons. The largest absolute Gasteiger partial charge is 0.368 e. The second-order valence-corrected chi connectivity index (χ2v) is 9.92. The van der Waals surface area contributed by atoms with Crippen LogP contribution in [0.1, 0.15) is 53.1 Å². The van der Waals surface area contributed by atoms with Crippen LogP contribution in [0, 0.1) is 0 Å². The minimum atomic E-state index is -0.326. The van der Waals surface area contributed by atoms with Gasteiger partial charge in [-0.15, -0.1) is 11.3 Å². The summed E-state index contributed by atoms with van der Waals surface area (Å²) in [6.07, 6.45) is 1.42. The summed E-state index contributed by atoms with van der Waals surface area (Å²) in [7, 11) is 0. The summed E-state index contributed by atoms with van der Waals surface area (Å²) >= 11 is 1.45. The van der Waals surface area contributed by atoms with Gasteiger partial charge in [0.2, 0.25) is 12.2 Å². The molecule has 9 nitrogen and oxygen atoms in total. The number of hydrogen-bond donors (Lipinski definition) is 1. The zero-order valence-corrected chi connectivity index (χ0v) is 20.9. The van der Waals surface area contributed by atoms with E-state index in [0.717, 1.165) is 41.6 Å². The lowest BCUT2D eigenvalue weighted by Crippen LogP contribution is -2.58. The summed E-state index contributed by atoms with van der Waals surface area (Å²) in [6.45, 7) is 7.11. The first-order valence-electron chi connectivity index (χ1n) is 12.1. The fourth-order valence-corrected chi connectivity index (χ4v) is 5.74. The summed E-state index contributed by atoms with van der Waals surface area (Å²) in [4.78, 5) is 46.2. The number of hydrogen-bond acceptors (Lipinski definition) is 8. The molecule has 2 amide bonds. The molecule has 2 aromatic rings. The molecule has 1 N–H and O–H groups in total. The molecule has 1 fully saturated rings. The Morgan fingerprint density at radius 2 is 1.86 bits per heavy atom. The number of amidine groups is 1. The molecule has 1 atom stereocenters. The average molecular weight is 495 g/mol. The Morgan fingerprint density at radius 3 is 2.54 bits per heavy atom. The first-order chi connectivity index (χ1) is 17.0. The number of nitrogens with one attached hydrogen (secondary N) is 1. The van der Waals surface area contributed by atoms with Crippen molar-refractivity contribution in [3.8, 4) is 0 Å². The number of anilines is 2. The molecule has 5 rings (SSSR count). The van der Waals surface area contributed by atoms with Crippen LogP contribution in [0.2, 0.25) is 0 Å². The van der Waals surface area contributed by atoms with Gasteiger partial charge in [0.15, 0.2) is 5.78 Å². The molecule has 0 spiro atoms. The Hall–Kier alpha value is -3.40. The van der Waals surface area contributed by atoms with E-state index in [0.29, 0.717) is 38.0 Å². The van der Waals surface area contributed by atoms with Crippen LogP contribution in [-0.2, 0) is 4.79 Å². The molecule has 35 heavy (non-hydrogen) atoms. The minimum absolute atomic E-state index is 0.0342. The van der Waals surface area contributed by atoms with E-state index in [1.54, 1.807) is 6.92 Å². The van der Waals surface area contributed by atoms with Gasteiger partial charge in [-0.1, -0.05) is 6.92 Å². The van der Waals surface area contributed by atoms with Crippen LogP contribution in [0.5, 0.6) is 0 Å². The van der Waals surface area contributed by atoms with Crippen LogP contribution in [-0.4, -0.2) is 72.2 Å². The maximum Gasteiger partial charge on any atom is 0.269 e. The maximum atomic E-state index is 13.0. The van der Waals surface area contributed by atoms with E-state index in [9.17, 15) is 14.4 Å². The van der Waals surface area contributed by atoms with Gasteiger partial charge in [-0.05, 0) is 49.1 Å². The summed E-state index contributed by atoms with van der Waals surface area (Å²) in [5.41, 5.74) is 5.77. The number of piperazine rings is 1. The zero-order chi connectivity index (χ0) is 24.5. The minimum Gasteiger partial charge on any atom is -0.368 e. The number of carbonyl (C=O) groups is 3. The molecule has 3 aliphatic heterocycles. The van der Waals surface area contributed by atoms with Crippen LogP contribution >= 0.6 is 11.3 Å². The van der Waals surface area contributed by atoms with E-state index in [-0.39, 0.29) is 23.9 Å². The van der Waals surface area contributed by atoms with Crippen molar-refractivity contribution in [1.29, 1.82) is 0 Å². The molecule has 0 aliphatic carbocycles. The highest BCUT2D eigenvalue weighted by molar-refractivity contribution is 7.12. The van der Waals surface area contributed by atoms with Crippen molar-refractivity contribution in [3.63, 3.8) is 0 Å². The van der Waals surface area contributed by atoms with Gasteiger partial charge in [-0.25, -0.2) is 0 Å². The predicted octanol–water partition coefficient (Wildman–Crippen LogP) is 2.95. The molecule has 1 saturated heterocycles. The number of ketones is 1. The maximum absolute atomic E-state index is 13.0. The molecule has 0 bridgehead atoms. The normalized spacial score (nSPS) is 19.3. The van der Waals surface area contributed by atoms with E-state index in [1.807, 2.05) is 45.5 Å². The van der Waals surface area contributed by atoms with Gasteiger partial charge < -0.3 is 9.80 Å². The number of hydrazone groups is 1. The fraction of sp³-hybridized carbons (Fsp3) is 0.440. The molecule has 1 aromatic carbocycles. The highest BCUT2D eigenvalue weighted by Gasteiger charge is 2.43. The second-order valence-electron chi connectivity index (χ2n) is 9.01. The Bertz CT molecular complexity index is 1150. The molecular formula is C25H30N6O3S. The van der Waals surface area contributed by atoms with Crippen molar-refractivity contribution in [2.75, 3.05) is 42.5 Å². The van der Waals surface area contributed by atoms with Gasteiger partial charge in [0, 0.05) is 56.8 Å². The Morgan fingerprint density at radius 1 is 1.11 bits per heavy atom. The summed E-state index contributed by atoms with van der Waals surface area (Å²) in [6, 6.07) is 9.61. The third-order valence-electron chi connectivity index (χ3n) is 6.78. The van der Waals surface area contributed by atoms with E-state index < -0.39 is 0 Å². The third-order valence-corrected chi connectivity index (χ3v) is 7.68. The van der Waals surface area contributed by atoms with Gasteiger partial charge in [-0.2, -0.15) is 5.10 Å². The molecular weight excluding hydrogens is 464 g/mol. The first-order valence-corrected chi connectivity index (χ1v) is 13.0. The molecule has 0 saturated carbocycles. The van der Waals surface area contributed by atoms with Gasteiger partial charge in [0.25, 0.3) is 5.91 Å². The molecule has 184 valence electrons. The van der Waals surface area contributed by atoms with Crippen molar-refractivity contribution < 1.29 is 14.4 Å². The quantitative estimate of drug-likeness (QED) is 0.596. The Kier molecular flexibility index (Phi) is 6.46. The van der Waals surface area contributed by atoms with Crippen molar-refractivity contribution in [2.24, 2.45) is 5.10 Å². The topological polar surface area (TPSA) is 88.6 Å². The summed E-state index contributed by atoms with van der Waals surface area (Å²) in [5.74, 6) is 1.00. The lowest BCUT2D eigenvalue weighted by atomic mass is 10.1. The van der Waals surface area contributed by atoms with Crippen LogP contribution in [0.15, 0.2) is 40.8 Å².